The van der Waals surface area contributed by atoms with E-state index in [1.807, 2.05) is 22.6 Å². The standard InChI is InChI=1S/C9H10F2INO/c1-5(4-14)13-9-3-7(11)6(10)2-8(9)12/h2-3,5,13-14H,4H2,1H3/t5-/m0/s1. The zero-order valence-corrected chi connectivity index (χ0v) is 9.68. The van der Waals surface area contributed by atoms with Gasteiger partial charge in [-0.2, -0.15) is 0 Å². The fraction of sp³-hybridized carbons (Fsp3) is 0.333. The molecular weight excluding hydrogens is 303 g/mol. The molecule has 0 heterocycles. The van der Waals surface area contributed by atoms with Crippen LogP contribution in [0.2, 0.25) is 0 Å². The van der Waals surface area contributed by atoms with Crippen molar-refractivity contribution in [2.45, 2.75) is 13.0 Å². The van der Waals surface area contributed by atoms with Gasteiger partial charge in [0.05, 0.1) is 12.3 Å². The third-order valence-electron chi connectivity index (χ3n) is 1.69. The lowest BCUT2D eigenvalue weighted by atomic mass is 10.2. The highest BCUT2D eigenvalue weighted by molar-refractivity contribution is 14.1. The predicted octanol–water partition coefficient (Wildman–Crippen LogP) is 2.36. The Hall–Kier alpha value is -0.430. The Labute approximate surface area is 94.5 Å². The van der Waals surface area contributed by atoms with Gasteiger partial charge in [-0.25, -0.2) is 8.78 Å². The van der Waals surface area contributed by atoms with E-state index >= 15 is 0 Å². The second kappa shape index (κ2) is 4.88. The number of anilines is 1. The van der Waals surface area contributed by atoms with Crippen molar-refractivity contribution in [3.8, 4) is 0 Å². The molecule has 0 aliphatic rings. The van der Waals surface area contributed by atoms with Gasteiger partial charge in [-0.3, -0.25) is 0 Å². The van der Waals surface area contributed by atoms with Crippen molar-refractivity contribution in [2.24, 2.45) is 0 Å². The number of rotatable bonds is 3. The van der Waals surface area contributed by atoms with Crippen LogP contribution >= 0.6 is 22.6 Å². The Morgan fingerprint density at radius 1 is 1.43 bits per heavy atom. The van der Waals surface area contributed by atoms with Gasteiger partial charge in [-0.05, 0) is 35.6 Å². The number of hydrogen-bond donors (Lipinski definition) is 2. The summed E-state index contributed by atoms with van der Waals surface area (Å²) in [7, 11) is 0. The van der Waals surface area contributed by atoms with E-state index in [9.17, 15) is 8.78 Å². The molecule has 0 saturated heterocycles. The number of aliphatic hydroxyl groups excluding tert-OH is 1. The quantitative estimate of drug-likeness (QED) is 0.663. The molecule has 1 atom stereocenters. The van der Waals surface area contributed by atoms with Crippen LogP contribution in [-0.2, 0) is 0 Å². The van der Waals surface area contributed by atoms with E-state index in [-0.39, 0.29) is 12.6 Å². The lowest BCUT2D eigenvalue weighted by Gasteiger charge is -2.14. The average Bonchev–Trinajstić information content (AvgIpc) is 2.14. The van der Waals surface area contributed by atoms with Crippen LogP contribution in [0.5, 0.6) is 0 Å². The molecule has 1 rings (SSSR count). The van der Waals surface area contributed by atoms with Crippen molar-refractivity contribution in [1.82, 2.24) is 0 Å². The second-order valence-electron chi connectivity index (χ2n) is 2.97. The highest BCUT2D eigenvalue weighted by Crippen LogP contribution is 2.22. The fourth-order valence-corrected chi connectivity index (χ4v) is 1.53. The summed E-state index contributed by atoms with van der Waals surface area (Å²) in [5, 5.41) is 11.6. The molecule has 14 heavy (non-hydrogen) atoms. The van der Waals surface area contributed by atoms with Crippen LogP contribution in [0.3, 0.4) is 0 Å². The molecule has 0 radical (unpaired) electrons. The van der Waals surface area contributed by atoms with E-state index in [0.717, 1.165) is 12.1 Å². The summed E-state index contributed by atoms with van der Waals surface area (Å²) in [4.78, 5) is 0. The molecule has 0 bridgehead atoms. The molecule has 0 spiro atoms. The molecule has 0 aromatic heterocycles. The molecule has 1 aromatic carbocycles. The normalized spacial score (nSPS) is 12.6. The first-order valence-electron chi connectivity index (χ1n) is 4.06. The first kappa shape index (κ1) is 11.6. The smallest absolute Gasteiger partial charge is 0.160 e. The molecule has 2 nitrogen and oxygen atoms in total. The maximum absolute atomic E-state index is 12.8. The van der Waals surface area contributed by atoms with Gasteiger partial charge in [0.2, 0.25) is 0 Å². The molecule has 0 aliphatic carbocycles. The van der Waals surface area contributed by atoms with Crippen molar-refractivity contribution in [1.29, 1.82) is 0 Å². The molecule has 0 fully saturated rings. The summed E-state index contributed by atoms with van der Waals surface area (Å²) < 4.78 is 26.1. The zero-order chi connectivity index (χ0) is 10.7. The second-order valence-corrected chi connectivity index (χ2v) is 4.14. The highest BCUT2D eigenvalue weighted by Gasteiger charge is 2.09. The van der Waals surface area contributed by atoms with Crippen molar-refractivity contribution in [2.75, 3.05) is 11.9 Å². The first-order valence-corrected chi connectivity index (χ1v) is 5.14. The van der Waals surface area contributed by atoms with Crippen molar-refractivity contribution in [3.05, 3.63) is 27.3 Å². The van der Waals surface area contributed by atoms with Crippen LogP contribution in [-0.4, -0.2) is 17.8 Å². The van der Waals surface area contributed by atoms with Gasteiger partial charge in [-0.15, -0.1) is 0 Å². The predicted molar refractivity (Wildman–Crippen MR) is 59.2 cm³/mol. The molecule has 1 aromatic rings. The molecule has 0 aliphatic heterocycles. The molecule has 2 N–H and O–H groups in total. The number of aliphatic hydroxyl groups is 1. The lowest BCUT2D eigenvalue weighted by molar-refractivity contribution is 0.281. The maximum atomic E-state index is 12.8. The Kier molecular flexibility index (Phi) is 4.06. The number of benzene rings is 1. The van der Waals surface area contributed by atoms with E-state index in [1.165, 1.54) is 0 Å². The summed E-state index contributed by atoms with van der Waals surface area (Å²) >= 11 is 1.90. The Bertz CT molecular complexity index is 333. The van der Waals surface area contributed by atoms with E-state index in [2.05, 4.69) is 5.32 Å². The van der Waals surface area contributed by atoms with Gasteiger partial charge < -0.3 is 10.4 Å². The van der Waals surface area contributed by atoms with Gasteiger partial charge >= 0.3 is 0 Å². The van der Waals surface area contributed by atoms with Gasteiger partial charge in [0.15, 0.2) is 11.6 Å². The third kappa shape index (κ3) is 2.78. The van der Waals surface area contributed by atoms with Gasteiger partial charge in [0, 0.05) is 15.7 Å². The van der Waals surface area contributed by atoms with Crippen molar-refractivity contribution in [3.63, 3.8) is 0 Å². The van der Waals surface area contributed by atoms with Gasteiger partial charge in [-0.1, -0.05) is 0 Å². The highest BCUT2D eigenvalue weighted by atomic mass is 127. The summed E-state index contributed by atoms with van der Waals surface area (Å²) in [6.45, 7) is 1.69. The minimum atomic E-state index is -0.891. The fourth-order valence-electron chi connectivity index (χ4n) is 0.944. The molecule has 78 valence electrons. The summed E-state index contributed by atoms with van der Waals surface area (Å²) in [6.07, 6.45) is 0. The SMILES string of the molecule is C[C@@H](CO)Nc1cc(F)c(F)cc1I. The Morgan fingerprint density at radius 2 is 2.00 bits per heavy atom. The molecule has 0 saturated carbocycles. The zero-order valence-electron chi connectivity index (χ0n) is 7.52. The topological polar surface area (TPSA) is 32.3 Å². The van der Waals surface area contributed by atoms with Crippen LogP contribution in [0.15, 0.2) is 12.1 Å². The van der Waals surface area contributed by atoms with Crippen LogP contribution in [0.25, 0.3) is 0 Å². The van der Waals surface area contributed by atoms with Crippen LogP contribution in [0.1, 0.15) is 6.92 Å². The van der Waals surface area contributed by atoms with Crippen molar-refractivity contribution >= 4 is 28.3 Å². The van der Waals surface area contributed by atoms with Gasteiger partial charge in [0.1, 0.15) is 0 Å². The number of nitrogens with one attached hydrogen (secondary N) is 1. The minimum Gasteiger partial charge on any atom is -0.394 e. The van der Waals surface area contributed by atoms with E-state index in [0.29, 0.717) is 9.26 Å². The largest absolute Gasteiger partial charge is 0.394 e. The third-order valence-corrected chi connectivity index (χ3v) is 2.58. The molecule has 0 unspecified atom stereocenters. The van der Waals surface area contributed by atoms with E-state index in [1.54, 1.807) is 6.92 Å². The average molecular weight is 313 g/mol. The maximum Gasteiger partial charge on any atom is 0.160 e. The number of halogens is 3. The summed E-state index contributed by atoms with van der Waals surface area (Å²) in [5.74, 6) is -1.75. The lowest BCUT2D eigenvalue weighted by Crippen LogP contribution is -2.20. The minimum absolute atomic E-state index is 0.0604. The van der Waals surface area contributed by atoms with E-state index in [4.69, 9.17) is 5.11 Å². The van der Waals surface area contributed by atoms with E-state index < -0.39 is 11.6 Å². The van der Waals surface area contributed by atoms with Crippen LogP contribution in [0.4, 0.5) is 14.5 Å². The molecular formula is C9H10F2INO. The number of hydrogen-bond acceptors (Lipinski definition) is 2. The van der Waals surface area contributed by atoms with Gasteiger partial charge in [0.25, 0.3) is 0 Å². The first-order chi connectivity index (χ1) is 6.54. The van der Waals surface area contributed by atoms with Crippen LogP contribution in [0, 0.1) is 15.2 Å². The molecule has 0 amide bonds. The molecule has 5 heteroatoms. The summed E-state index contributed by atoms with van der Waals surface area (Å²) in [6, 6.07) is 2.01. The van der Waals surface area contributed by atoms with Crippen molar-refractivity contribution < 1.29 is 13.9 Å². The Balaban J connectivity index is 2.92. The Morgan fingerprint density at radius 3 is 2.57 bits per heavy atom. The monoisotopic (exact) mass is 313 g/mol. The summed E-state index contributed by atoms with van der Waals surface area (Å²) in [5.41, 5.74) is 0.492. The van der Waals surface area contributed by atoms with Crippen LogP contribution < -0.4 is 5.32 Å².